The molecular formula is C26H22N2O6S. The largest absolute Gasteiger partial charge is 0.478 e. The second kappa shape index (κ2) is 9.63. The number of nitrogens with zero attached hydrogens (tertiary/aromatic N) is 1. The van der Waals surface area contributed by atoms with Crippen LogP contribution < -0.4 is 5.32 Å². The zero-order valence-electron chi connectivity index (χ0n) is 19.2. The molecule has 1 aliphatic heterocycles. The molecule has 1 aromatic heterocycles. The average Bonchev–Trinajstić information content (AvgIpc) is 3.36. The molecule has 1 aliphatic rings. The number of carbonyl (C=O) groups excluding carboxylic acids is 3. The molecule has 0 aliphatic carbocycles. The first-order valence-electron chi connectivity index (χ1n) is 10.7. The Hall–Kier alpha value is -4.11. The van der Waals surface area contributed by atoms with E-state index in [2.05, 4.69) is 5.32 Å². The third kappa shape index (κ3) is 5.04. The van der Waals surface area contributed by atoms with Crippen LogP contribution in [0.25, 0.3) is 17.4 Å². The van der Waals surface area contributed by atoms with Crippen LogP contribution in [0, 0.1) is 20.8 Å². The van der Waals surface area contributed by atoms with Crippen molar-refractivity contribution in [1.29, 1.82) is 0 Å². The van der Waals surface area contributed by atoms with Crippen LogP contribution in [-0.4, -0.2) is 39.6 Å². The van der Waals surface area contributed by atoms with E-state index in [0.717, 1.165) is 27.8 Å². The highest BCUT2D eigenvalue weighted by molar-refractivity contribution is 8.18. The number of thioether (sulfide) groups is 1. The third-order valence-electron chi connectivity index (χ3n) is 5.56. The van der Waals surface area contributed by atoms with Crippen LogP contribution in [0.2, 0.25) is 0 Å². The minimum atomic E-state index is -1.04. The summed E-state index contributed by atoms with van der Waals surface area (Å²) in [5.41, 5.74) is 3.89. The monoisotopic (exact) mass is 490 g/mol. The number of aromatic carboxylic acids is 1. The van der Waals surface area contributed by atoms with Crippen LogP contribution in [0.3, 0.4) is 0 Å². The lowest BCUT2D eigenvalue weighted by Gasteiger charge is -2.13. The smallest absolute Gasteiger partial charge is 0.335 e. The van der Waals surface area contributed by atoms with Gasteiger partial charge in [0, 0.05) is 17.3 Å². The number of nitrogens with one attached hydrogen (secondary N) is 1. The zero-order chi connectivity index (χ0) is 25.3. The molecule has 2 N–H and O–H groups in total. The highest BCUT2D eigenvalue weighted by Gasteiger charge is 2.36. The Morgan fingerprint density at radius 3 is 2.57 bits per heavy atom. The normalized spacial score (nSPS) is 14.6. The fraction of sp³-hybridized carbons (Fsp3) is 0.154. The van der Waals surface area contributed by atoms with E-state index in [9.17, 15) is 24.3 Å². The molecule has 4 rings (SSSR count). The summed E-state index contributed by atoms with van der Waals surface area (Å²) in [6.07, 6.45) is 1.44. The predicted octanol–water partition coefficient (Wildman–Crippen LogP) is 5.25. The molecule has 3 amide bonds. The van der Waals surface area contributed by atoms with Crippen LogP contribution in [0.15, 0.2) is 57.9 Å². The highest BCUT2D eigenvalue weighted by Crippen LogP contribution is 2.34. The summed E-state index contributed by atoms with van der Waals surface area (Å²) in [7, 11) is 0. The maximum Gasteiger partial charge on any atom is 0.335 e. The molecule has 0 unspecified atom stereocenters. The number of anilines is 1. The van der Waals surface area contributed by atoms with Crippen LogP contribution in [0.5, 0.6) is 0 Å². The second-order valence-electron chi connectivity index (χ2n) is 8.12. The van der Waals surface area contributed by atoms with Crippen molar-refractivity contribution in [1.82, 2.24) is 4.90 Å². The molecule has 178 valence electrons. The first-order valence-corrected chi connectivity index (χ1v) is 11.5. The number of carboxylic acids is 1. The molecular weight excluding hydrogens is 468 g/mol. The van der Waals surface area contributed by atoms with E-state index in [1.165, 1.54) is 12.1 Å². The Balaban J connectivity index is 1.49. The summed E-state index contributed by atoms with van der Waals surface area (Å²) >= 11 is 0.725. The van der Waals surface area contributed by atoms with Gasteiger partial charge in [0.1, 0.15) is 18.1 Å². The maximum atomic E-state index is 12.8. The minimum Gasteiger partial charge on any atom is -0.478 e. The van der Waals surface area contributed by atoms with Crippen LogP contribution >= 0.6 is 11.8 Å². The van der Waals surface area contributed by atoms with Crippen molar-refractivity contribution in [2.24, 2.45) is 0 Å². The van der Waals surface area contributed by atoms with Gasteiger partial charge in [-0.1, -0.05) is 29.8 Å². The second-order valence-corrected chi connectivity index (χ2v) is 9.11. The molecule has 2 aromatic carbocycles. The Kier molecular flexibility index (Phi) is 6.61. The van der Waals surface area contributed by atoms with Crippen LogP contribution in [0.4, 0.5) is 10.5 Å². The maximum absolute atomic E-state index is 12.8. The fourth-order valence-electron chi connectivity index (χ4n) is 3.76. The van der Waals surface area contributed by atoms with Gasteiger partial charge in [0.05, 0.1) is 10.5 Å². The third-order valence-corrected chi connectivity index (χ3v) is 6.47. The number of hydrogen-bond acceptors (Lipinski definition) is 6. The molecule has 0 saturated carbocycles. The number of hydrogen-bond donors (Lipinski definition) is 2. The van der Waals surface area contributed by atoms with Gasteiger partial charge in [-0.3, -0.25) is 19.3 Å². The Morgan fingerprint density at radius 2 is 1.86 bits per heavy atom. The lowest BCUT2D eigenvalue weighted by molar-refractivity contribution is -0.127. The molecule has 8 nitrogen and oxygen atoms in total. The quantitative estimate of drug-likeness (QED) is 0.454. The zero-order valence-corrected chi connectivity index (χ0v) is 20.1. The van der Waals surface area contributed by atoms with Gasteiger partial charge >= 0.3 is 5.97 Å². The van der Waals surface area contributed by atoms with E-state index >= 15 is 0 Å². The number of aryl methyl sites for hydroxylation is 2. The van der Waals surface area contributed by atoms with Gasteiger partial charge in [-0.05, 0) is 67.9 Å². The van der Waals surface area contributed by atoms with E-state index in [1.807, 2.05) is 26.0 Å². The van der Waals surface area contributed by atoms with E-state index < -0.39 is 29.6 Å². The number of carboxylic acid groups (broad SMARTS) is 1. The number of imide groups is 1. The van der Waals surface area contributed by atoms with E-state index in [4.69, 9.17) is 4.42 Å². The van der Waals surface area contributed by atoms with E-state index in [1.54, 1.807) is 37.3 Å². The van der Waals surface area contributed by atoms with Gasteiger partial charge in [0.2, 0.25) is 5.91 Å². The Labute approximate surface area is 205 Å². The van der Waals surface area contributed by atoms with Crippen molar-refractivity contribution in [3.8, 4) is 11.3 Å². The fourth-order valence-corrected chi connectivity index (χ4v) is 4.58. The topological polar surface area (TPSA) is 117 Å². The summed E-state index contributed by atoms with van der Waals surface area (Å²) < 4.78 is 5.80. The van der Waals surface area contributed by atoms with Gasteiger partial charge in [-0.25, -0.2) is 4.79 Å². The lowest BCUT2D eigenvalue weighted by Crippen LogP contribution is -2.36. The first-order chi connectivity index (χ1) is 16.6. The average molecular weight is 491 g/mol. The molecule has 1 fully saturated rings. The van der Waals surface area contributed by atoms with E-state index in [-0.39, 0.29) is 10.5 Å². The highest BCUT2D eigenvalue weighted by atomic mass is 32.2. The number of furan rings is 1. The number of amides is 3. The SMILES string of the molecule is Cc1ccc(NC(=O)CN2C(=O)S/C(=C\c3ccc(-c4cccc(C(=O)O)c4C)o3)C2=O)c(C)c1. The number of carbonyl (C=O) groups is 4. The van der Waals surface area contributed by atoms with Gasteiger partial charge in [0.25, 0.3) is 11.1 Å². The molecule has 0 atom stereocenters. The van der Waals surface area contributed by atoms with Gasteiger partial charge < -0.3 is 14.8 Å². The molecule has 2 heterocycles. The van der Waals surface area contributed by atoms with Crippen LogP contribution in [0.1, 0.15) is 32.8 Å². The van der Waals surface area contributed by atoms with Gasteiger partial charge in [-0.15, -0.1) is 0 Å². The number of benzene rings is 2. The minimum absolute atomic E-state index is 0.131. The summed E-state index contributed by atoms with van der Waals surface area (Å²) in [6, 6.07) is 13.7. The summed E-state index contributed by atoms with van der Waals surface area (Å²) in [5.74, 6) is -1.34. The molecule has 1 saturated heterocycles. The van der Waals surface area contributed by atoms with Crippen molar-refractivity contribution in [3.63, 3.8) is 0 Å². The lowest BCUT2D eigenvalue weighted by atomic mass is 10.0. The van der Waals surface area contributed by atoms with Crippen LogP contribution in [-0.2, 0) is 9.59 Å². The molecule has 3 aromatic rings. The Bertz CT molecular complexity index is 1400. The summed E-state index contributed by atoms with van der Waals surface area (Å²) in [5, 5.41) is 11.5. The molecule has 9 heteroatoms. The Morgan fingerprint density at radius 1 is 1.09 bits per heavy atom. The van der Waals surface area contributed by atoms with Crippen molar-refractivity contribution in [2.75, 3.05) is 11.9 Å². The van der Waals surface area contributed by atoms with Crippen molar-refractivity contribution in [2.45, 2.75) is 20.8 Å². The predicted molar refractivity (Wildman–Crippen MR) is 133 cm³/mol. The first kappa shape index (κ1) is 24.0. The van der Waals surface area contributed by atoms with Crippen molar-refractivity contribution in [3.05, 3.63) is 81.5 Å². The van der Waals surface area contributed by atoms with Crippen molar-refractivity contribution >= 4 is 46.5 Å². The van der Waals surface area contributed by atoms with E-state index in [0.29, 0.717) is 28.3 Å². The standard InChI is InChI=1S/C26H22N2O6S/c1-14-7-9-20(15(2)11-14)27-23(29)13-28-24(30)22(35-26(28)33)12-17-8-10-21(34-17)18-5-4-6-19(16(18)3)25(31)32/h4-12H,13H2,1-3H3,(H,27,29)(H,31,32)/b22-12-. The van der Waals surface area contributed by atoms with Gasteiger partial charge in [-0.2, -0.15) is 0 Å². The van der Waals surface area contributed by atoms with Gasteiger partial charge in [0.15, 0.2) is 0 Å². The van der Waals surface area contributed by atoms with Crippen molar-refractivity contribution < 1.29 is 28.7 Å². The summed E-state index contributed by atoms with van der Waals surface area (Å²) in [4.78, 5) is 50.1. The molecule has 35 heavy (non-hydrogen) atoms. The molecule has 0 radical (unpaired) electrons. The summed E-state index contributed by atoms with van der Waals surface area (Å²) in [6.45, 7) is 5.10. The molecule has 0 bridgehead atoms. The number of rotatable bonds is 6. The molecule has 0 spiro atoms.